The molecule has 7 nitrogen and oxygen atoms in total. The van der Waals surface area contributed by atoms with Gasteiger partial charge in [-0.1, -0.05) is 35.0 Å². The van der Waals surface area contributed by atoms with Gasteiger partial charge < -0.3 is 14.4 Å². The van der Waals surface area contributed by atoms with E-state index in [4.69, 9.17) is 16.1 Å². The minimum absolute atomic E-state index is 0.0225. The molecule has 0 radical (unpaired) electrons. The molecule has 29 heavy (non-hydrogen) atoms. The summed E-state index contributed by atoms with van der Waals surface area (Å²) in [5.74, 6) is -0.355. The van der Waals surface area contributed by atoms with Gasteiger partial charge in [0, 0.05) is 17.0 Å². The second kappa shape index (κ2) is 8.05. The minimum Gasteiger partial charge on any atom is -0.360 e. The lowest BCUT2D eigenvalue weighted by molar-refractivity contribution is 0.0966. The number of carbonyl (C=O) groups excluding carboxylic acids is 1. The van der Waals surface area contributed by atoms with Crippen molar-refractivity contribution in [1.82, 2.24) is 15.0 Å². The Bertz CT molecular complexity index is 1200. The fraction of sp³-hybridized carbons (Fsp3) is 0.143. The number of nitrogens with one attached hydrogen (secondary N) is 1. The Balaban J connectivity index is 2.07. The first kappa shape index (κ1) is 19.9. The van der Waals surface area contributed by atoms with Crippen LogP contribution in [0.15, 0.2) is 46.6 Å². The number of nitriles is 2. The molecule has 1 aromatic carbocycles. The summed E-state index contributed by atoms with van der Waals surface area (Å²) in [7, 11) is 0. The molecule has 0 aliphatic heterocycles. The molecule has 2 aromatic heterocycles. The van der Waals surface area contributed by atoms with Gasteiger partial charge in [0.15, 0.2) is 11.4 Å². The summed E-state index contributed by atoms with van der Waals surface area (Å²) < 4.78 is 6.81. The molecule has 2 heterocycles. The van der Waals surface area contributed by atoms with E-state index in [1.165, 1.54) is 0 Å². The highest BCUT2D eigenvalue weighted by Crippen LogP contribution is 2.31. The van der Waals surface area contributed by atoms with E-state index in [2.05, 4.69) is 10.5 Å². The highest BCUT2D eigenvalue weighted by Gasteiger charge is 2.25. The molecule has 8 heteroatoms. The van der Waals surface area contributed by atoms with E-state index in [1.54, 1.807) is 49.6 Å². The smallest absolute Gasteiger partial charge is 0.262 e. The van der Waals surface area contributed by atoms with Crippen molar-refractivity contribution in [3.8, 4) is 23.4 Å². The summed E-state index contributed by atoms with van der Waals surface area (Å²) >= 11 is 6.23. The van der Waals surface area contributed by atoms with Crippen molar-refractivity contribution in [2.45, 2.75) is 20.8 Å². The number of allylic oxidation sites excluding steroid dienone is 2. The maximum absolute atomic E-state index is 13.0. The van der Waals surface area contributed by atoms with Crippen LogP contribution in [0.4, 0.5) is 0 Å². The third kappa shape index (κ3) is 3.64. The van der Waals surface area contributed by atoms with Crippen LogP contribution in [0.25, 0.3) is 17.0 Å². The monoisotopic (exact) mass is 405 g/mol. The van der Waals surface area contributed by atoms with Gasteiger partial charge in [-0.2, -0.15) is 10.5 Å². The van der Waals surface area contributed by atoms with Gasteiger partial charge in [-0.3, -0.25) is 4.79 Å². The molecule has 3 rings (SSSR count). The van der Waals surface area contributed by atoms with Gasteiger partial charge in [-0.25, -0.2) is 0 Å². The second-order valence-electron chi connectivity index (χ2n) is 6.30. The highest BCUT2D eigenvalue weighted by molar-refractivity contribution is 6.33. The third-order valence-corrected chi connectivity index (χ3v) is 4.74. The Morgan fingerprint density at radius 2 is 1.76 bits per heavy atom. The molecule has 0 unspecified atom stereocenters. The van der Waals surface area contributed by atoms with Gasteiger partial charge in [0.2, 0.25) is 0 Å². The van der Waals surface area contributed by atoms with Crippen molar-refractivity contribution < 1.29 is 9.32 Å². The summed E-state index contributed by atoms with van der Waals surface area (Å²) in [5.41, 5.74) is 2.30. The van der Waals surface area contributed by atoms with Crippen LogP contribution >= 0.6 is 11.6 Å². The highest BCUT2D eigenvalue weighted by atomic mass is 35.5. The molecule has 0 aliphatic rings. The van der Waals surface area contributed by atoms with E-state index < -0.39 is 5.91 Å². The Labute approximate surface area is 172 Å². The number of halogens is 1. The zero-order chi connectivity index (χ0) is 21.1. The van der Waals surface area contributed by atoms with E-state index in [1.807, 2.05) is 24.3 Å². The quantitative estimate of drug-likeness (QED) is 0.648. The van der Waals surface area contributed by atoms with Crippen molar-refractivity contribution in [2.24, 2.45) is 0 Å². The second-order valence-corrected chi connectivity index (χ2v) is 6.70. The molecule has 0 fully saturated rings. The van der Waals surface area contributed by atoms with Gasteiger partial charge in [0.25, 0.3) is 5.91 Å². The topological polar surface area (TPSA) is 108 Å². The molecule has 1 amide bonds. The molecular formula is C21H16ClN5O2. The van der Waals surface area contributed by atoms with Crippen LogP contribution in [0.1, 0.15) is 27.5 Å². The Hall–Kier alpha value is -3.81. The summed E-state index contributed by atoms with van der Waals surface area (Å²) in [6.07, 6.45) is 0. The lowest BCUT2D eigenvalue weighted by Crippen LogP contribution is -2.25. The first-order valence-corrected chi connectivity index (χ1v) is 8.99. The van der Waals surface area contributed by atoms with E-state index in [9.17, 15) is 15.3 Å². The summed E-state index contributed by atoms with van der Waals surface area (Å²) in [4.78, 5) is 13.0. The van der Waals surface area contributed by atoms with E-state index in [-0.39, 0.29) is 28.4 Å². The van der Waals surface area contributed by atoms with Gasteiger partial charge in [0.05, 0.1) is 5.02 Å². The SMILES string of the molecule is Cc1onc(-c2ccccc2Cl)c1C(=O)NC(C#N)=C(C#N)n1c(C)ccc1C. The molecule has 3 aromatic rings. The normalized spacial score (nSPS) is 11.4. The van der Waals surface area contributed by atoms with Crippen molar-refractivity contribution >= 4 is 23.2 Å². The molecule has 0 aliphatic carbocycles. The summed E-state index contributed by atoms with van der Waals surface area (Å²) in [6, 6.07) is 14.5. The van der Waals surface area contributed by atoms with Crippen molar-refractivity contribution in [3.05, 3.63) is 69.8 Å². The number of nitrogens with zero attached hydrogens (tertiary/aromatic N) is 4. The molecule has 1 N–H and O–H groups in total. The van der Waals surface area contributed by atoms with Crippen molar-refractivity contribution in [2.75, 3.05) is 0 Å². The Kier molecular flexibility index (Phi) is 5.54. The number of benzene rings is 1. The van der Waals surface area contributed by atoms with Crippen molar-refractivity contribution in [1.29, 1.82) is 10.5 Å². The lowest BCUT2D eigenvalue weighted by atomic mass is 10.1. The number of aryl methyl sites for hydroxylation is 3. The van der Waals surface area contributed by atoms with Crippen LogP contribution in [0.3, 0.4) is 0 Å². The maximum atomic E-state index is 13.0. The van der Waals surface area contributed by atoms with Gasteiger partial charge >= 0.3 is 0 Å². The molecule has 144 valence electrons. The van der Waals surface area contributed by atoms with Crippen LogP contribution in [0.2, 0.25) is 5.02 Å². The average Bonchev–Trinajstić information content (AvgIpc) is 3.24. The Morgan fingerprint density at radius 1 is 1.10 bits per heavy atom. The van der Waals surface area contributed by atoms with Crippen LogP contribution in [-0.4, -0.2) is 15.6 Å². The molecular weight excluding hydrogens is 390 g/mol. The predicted molar refractivity (Wildman–Crippen MR) is 108 cm³/mol. The standard InChI is InChI=1S/C21H16ClN5O2/c1-12-8-9-13(2)27(12)18(11-24)17(10-23)25-21(28)19-14(3)29-26-20(19)15-6-4-5-7-16(15)22/h4-9H,1-3H3,(H,25,28). The Morgan fingerprint density at radius 3 is 2.34 bits per heavy atom. The zero-order valence-corrected chi connectivity index (χ0v) is 16.7. The van der Waals surface area contributed by atoms with Crippen LogP contribution in [-0.2, 0) is 0 Å². The zero-order valence-electron chi connectivity index (χ0n) is 15.9. The number of carbonyl (C=O) groups is 1. The summed E-state index contributed by atoms with van der Waals surface area (Å²) in [6.45, 7) is 5.20. The largest absolute Gasteiger partial charge is 0.360 e. The molecule has 0 bridgehead atoms. The molecule has 0 saturated heterocycles. The van der Waals surface area contributed by atoms with Crippen LogP contribution in [0, 0.1) is 43.4 Å². The van der Waals surface area contributed by atoms with E-state index in [0.29, 0.717) is 10.6 Å². The van der Waals surface area contributed by atoms with E-state index in [0.717, 1.165) is 11.4 Å². The minimum atomic E-state index is -0.620. The predicted octanol–water partition coefficient (Wildman–Crippen LogP) is 4.37. The van der Waals surface area contributed by atoms with Crippen LogP contribution < -0.4 is 5.32 Å². The number of amides is 1. The van der Waals surface area contributed by atoms with Gasteiger partial charge in [0.1, 0.15) is 29.2 Å². The number of aromatic nitrogens is 2. The number of hydrogen-bond acceptors (Lipinski definition) is 5. The number of hydrogen-bond donors (Lipinski definition) is 1. The van der Waals surface area contributed by atoms with Gasteiger partial charge in [-0.05, 0) is 39.0 Å². The van der Waals surface area contributed by atoms with Crippen LogP contribution in [0.5, 0.6) is 0 Å². The number of rotatable bonds is 4. The van der Waals surface area contributed by atoms with E-state index >= 15 is 0 Å². The molecule has 0 saturated carbocycles. The average molecular weight is 406 g/mol. The lowest BCUT2D eigenvalue weighted by Gasteiger charge is -2.11. The summed E-state index contributed by atoms with van der Waals surface area (Å²) in [5, 5.41) is 26.1. The van der Waals surface area contributed by atoms with Crippen molar-refractivity contribution in [3.63, 3.8) is 0 Å². The fourth-order valence-corrected chi connectivity index (χ4v) is 3.26. The van der Waals surface area contributed by atoms with Gasteiger partial charge in [-0.15, -0.1) is 0 Å². The fourth-order valence-electron chi connectivity index (χ4n) is 3.03. The molecule has 0 atom stereocenters. The first-order chi connectivity index (χ1) is 13.9. The first-order valence-electron chi connectivity index (χ1n) is 8.61. The molecule has 0 spiro atoms. The third-order valence-electron chi connectivity index (χ3n) is 4.41. The maximum Gasteiger partial charge on any atom is 0.262 e.